The van der Waals surface area contributed by atoms with E-state index in [1.807, 2.05) is 6.07 Å². The highest BCUT2D eigenvalue weighted by atomic mass is 16.3. The molecule has 0 amide bonds. The smallest absolute Gasteiger partial charge is 0.0994 e. The molecule has 3 aliphatic rings. The summed E-state index contributed by atoms with van der Waals surface area (Å²) in [6.07, 6.45) is 6.62. The molecule has 0 aromatic heterocycles. The highest BCUT2D eigenvalue weighted by molar-refractivity contribution is 5.46. The lowest BCUT2D eigenvalue weighted by Crippen LogP contribution is -2.44. The first-order valence-corrected chi connectivity index (χ1v) is 8.35. The Morgan fingerprint density at radius 2 is 2.10 bits per heavy atom. The summed E-state index contributed by atoms with van der Waals surface area (Å²) in [6, 6.07) is 8.64. The third-order valence-corrected chi connectivity index (χ3v) is 6.85. The summed E-state index contributed by atoms with van der Waals surface area (Å²) >= 11 is 0. The van der Waals surface area contributed by atoms with Crippen molar-refractivity contribution in [2.45, 2.75) is 57.5 Å². The van der Waals surface area contributed by atoms with Gasteiger partial charge in [0.2, 0.25) is 0 Å². The van der Waals surface area contributed by atoms with E-state index in [0.29, 0.717) is 17.8 Å². The number of rotatable bonds is 0. The van der Waals surface area contributed by atoms with Crippen molar-refractivity contribution in [1.29, 1.82) is 5.26 Å². The molecule has 21 heavy (non-hydrogen) atoms. The summed E-state index contributed by atoms with van der Waals surface area (Å²) in [5.74, 6) is 2.00. The highest BCUT2D eigenvalue weighted by Crippen LogP contribution is 2.60. The van der Waals surface area contributed by atoms with E-state index >= 15 is 0 Å². The van der Waals surface area contributed by atoms with Crippen LogP contribution in [-0.2, 0) is 6.42 Å². The second kappa shape index (κ2) is 4.58. The number of benzene rings is 1. The van der Waals surface area contributed by atoms with Crippen LogP contribution in [0.15, 0.2) is 18.2 Å². The van der Waals surface area contributed by atoms with E-state index < -0.39 is 0 Å². The Morgan fingerprint density at radius 1 is 1.24 bits per heavy atom. The summed E-state index contributed by atoms with van der Waals surface area (Å²) in [6.45, 7) is 2.31. The quantitative estimate of drug-likeness (QED) is 0.786. The zero-order chi connectivity index (χ0) is 14.6. The second-order valence-electron chi connectivity index (χ2n) is 7.54. The van der Waals surface area contributed by atoms with Crippen molar-refractivity contribution in [3.8, 4) is 6.07 Å². The summed E-state index contributed by atoms with van der Waals surface area (Å²) < 4.78 is 0. The van der Waals surface area contributed by atoms with Crippen LogP contribution in [0.4, 0.5) is 0 Å². The molecule has 2 saturated carbocycles. The molecule has 1 aromatic carbocycles. The molecular formula is C19H23NO. The molecular weight excluding hydrogens is 258 g/mol. The first kappa shape index (κ1) is 13.3. The molecule has 110 valence electrons. The average Bonchev–Trinajstić information content (AvgIpc) is 2.82. The first-order chi connectivity index (χ1) is 10.1. The van der Waals surface area contributed by atoms with Gasteiger partial charge in [-0.1, -0.05) is 19.1 Å². The molecule has 0 aliphatic heterocycles. The van der Waals surface area contributed by atoms with Crippen LogP contribution >= 0.6 is 0 Å². The molecule has 2 heteroatoms. The van der Waals surface area contributed by atoms with Gasteiger partial charge >= 0.3 is 0 Å². The Kier molecular flexibility index (Phi) is 2.91. The summed E-state index contributed by atoms with van der Waals surface area (Å²) in [4.78, 5) is 0. The Morgan fingerprint density at radius 3 is 2.90 bits per heavy atom. The van der Waals surface area contributed by atoms with Crippen LogP contribution in [0.25, 0.3) is 0 Å². The molecule has 0 saturated heterocycles. The molecule has 2 nitrogen and oxygen atoms in total. The number of hydrogen-bond acceptors (Lipinski definition) is 2. The van der Waals surface area contributed by atoms with Crippen molar-refractivity contribution in [3.05, 3.63) is 34.9 Å². The lowest BCUT2D eigenvalue weighted by atomic mass is 9.55. The van der Waals surface area contributed by atoms with Crippen LogP contribution < -0.4 is 0 Å². The van der Waals surface area contributed by atoms with Gasteiger partial charge in [0.1, 0.15) is 0 Å². The number of aliphatic hydroxyl groups is 1. The third kappa shape index (κ3) is 1.74. The van der Waals surface area contributed by atoms with Gasteiger partial charge < -0.3 is 5.11 Å². The van der Waals surface area contributed by atoms with Gasteiger partial charge in [0.25, 0.3) is 0 Å². The van der Waals surface area contributed by atoms with Crippen LogP contribution in [0.1, 0.15) is 61.6 Å². The Hall–Kier alpha value is -1.33. The first-order valence-electron chi connectivity index (χ1n) is 8.35. The zero-order valence-corrected chi connectivity index (χ0v) is 12.7. The minimum absolute atomic E-state index is 0.102. The van der Waals surface area contributed by atoms with Gasteiger partial charge in [-0.2, -0.15) is 5.26 Å². The number of nitriles is 1. The molecule has 1 aromatic rings. The maximum absolute atomic E-state index is 10.4. The zero-order valence-electron chi connectivity index (χ0n) is 12.7. The van der Waals surface area contributed by atoms with E-state index in [1.165, 1.54) is 30.4 Å². The number of nitrogens with zero attached hydrogens (tertiary/aromatic N) is 1. The van der Waals surface area contributed by atoms with Gasteiger partial charge in [-0.05, 0) is 78.9 Å². The van der Waals surface area contributed by atoms with Crippen molar-refractivity contribution in [2.75, 3.05) is 0 Å². The third-order valence-electron chi connectivity index (χ3n) is 6.85. The van der Waals surface area contributed by atoms with Gasteiger partial charge in [0.05, 0.1) is 17.7 Å². The van der Waals surface area contributed by atoms with Crippen LogP contribution in [0.5, 0.6) is 0 Å². The van der Waals surface area contributed by atoms with E-state index in [-0.39, 0.29) is 11.5 Å². The average molecular weight is 281 g/mol. The van der Waals surface area contributed by atoms with Crippen molar-refractivity contribution in [2.24, 2.45) is 17.3 Å². The Balaban J connectivity index is 1.74. The monoisotopic (exact) mass is 281 g/mol. The summed E-state index contributed by atoms with van der Waals surface area (Å²) in [5.41, 5.74) is 3.77. The fourth-order valence-corrected chi connectivity index (χ4v) is 5.70. The van der Waals surface area contributed by atoms with Crippen LogP contribution in [0.2, 0.25) is 0 Å². The topological polar surface area (TPSA) is 44.0 Å². The predicted octanol–water partition coefficient (Wildman–Crippen LogP) is 3.78. The maximum Gasteiger partial charge on any atom is 0.0994 e. The molecule has 0 heterocycles. The maximum atomic E-state index is 10.4. The molecule has 0 radical (unpaired) electrons. The van der Waals surface area contributed by atoms with E-state index in [4.69, 9.17) is 0 Å². The van der Waals surface area contributed by atoms with Gasteiger partial charge in [-0.15, -0.1) is 0 Å². The van der Waals surface area contributed by atoms with Crippen molar-refractivity contribution in [1.82, 2.24) is 0 Å². The molecule has 2 fully saturated rings. The molecule has 0 bridgehead atoms. The SMILES string of the molecule is CC12CCC3c4cccc(C#N)c4CCC3C1CCC2O. The molecule has 0 spiro atoms. The number of aliphatic hydroxyl groups excluding tert-OH is 1. The largest absolute Gasteiger partial charge is 0.393 e. The van der Waals surface area contributed by atoms with Crippen LogP contribution in [0.3, 0.4) is 0 Å². The lowest BCUT2D eigenvalue weighted by Gasteiger charge is -2.50. The fourth-order valence-electron chi connectivity index (χ4n) is 5.70. The van der Waals surface area contributed by atoms with Gasteiger partial charge in [0.15, 0.2) is 0 Å². The summed E-state index contributed by atoms with van der Waals surface area (Å²) in [7, 11) is 0. The van der Waals surface area contributed by atoms with Crippen molar-refractivity contribution >= 4 is 0 Å². The van der Waals surface area contributed by atoms with Crippen LogP contribution in [-0.4, -0.2) is 11.2 Å². The Bertz CT molecular complexity index is 616. The van der Waals surface area contributed by atoms with Crippen molar-refractivity contribution < 1.29 is 5.11 Å². The minimum Gasteiger partial charge on any atom is -0.393 e. The molecule has 4 rings (SSSR count). The van der Waals surface area contributed by atoms with Gasteiger partial charge in [-0.3, -0.25) is 0 Å². The van der Waals surface area contributed by atoms with Gasteiger partial charge in [0, 0.05) is 0 Å². The lowest BCUT2D eigenvalue weighted by molar-refractivity contribution is -0.0226. The minimum atomic E-state index is -0.102. The summed E-state index contributed by atoms with van der Waals surface area (Å²) in [5, 5.41) is 19.7. The van der Waals surface area contributed by atoms with Crippen molar-refractivity contribution in [3.63, 3.8) is 0 Å². The number of hydrogen-bond donors (Lipinski definition) is 1. The predicted molar refractivity (Wildman–Crippen MR) is 81.8 cm³/mol. The van der Waals surface area contributed by atoms with E-state index in [2.05, 4.69) is 25.1 Å². The number of fused-ring (bicyclic) bond motifs is 5. The second-order valence-corrected chi connectivity index (χ2v) is 7.54. The molecule has 1 N–H and O–H groups in total. The molecule has 5 unspecified atom stereocenters. The highest BCUT2D eigenvalue weighted by Gasteiger charge is 2.54. The molecule has 5 atom stereocenters. The van der Waals surface area contributed by atoms with E-state index in [1.54, 1.807) is 0 Å². The normalized spacial score (nSPS) is 40.8. The molecule has 3 aliphatic carbocycles. The van der Waals surface area contributed by atoms with Crippen LogP contribution in [0, 0.1) is 28.6 Å². The van der Waals surface area contributed by atoms with E-state index in [9.17, 15) is 10.4 Å². The van der Waals surface area contributed by atoms with Gasteiger partial charge in [-0.25, -0.2) is 0 Å². The fraction of sp³-hybridized carbons (Fsp3) is 0.632. The Labute approximate surface area is 126 Å². The van der Waals surface area contributed by atoms with E-state index in [0.717, 1.165) is 24.8 Å². The standard InChI is InChI=1S/C19H23NO/c1-19-10-9-15-14-4-2-3-12(11-20)13(14)5-6-16(15)17(19)7-8-18(19)21/h2-4,15-18,21H,5-10H2,1H3.